The third-order valence-electron chi connectivity index (χ3n) is 12.2. The Kier molecular flexibility index (Phi) is 6.16. The van der Waals surface area contributed by atoms with E-state index in [1.807, 2.05) is 24.3 Å². The van der Waals surface area contributed by atoms with Gasteiger partial charge in [0.2, 0.25) is 0 Å². The summed E-state index contributed by atoms with van der Waals surface area (Å²) in [6.07, 6.45) is 0. The lowest BCUT2D eigenvalue weighted by atomic mass is 9.94. The predicted molar refractivity (Wildman–Crippen MR) is 237 cm³/mol. The van der Waals surface area contributed by atoms with Gasteiger partial charge < -0.3 is 13.2 Å². The molecule has 13 rings (SSSR count). The molecule has 0 saturated carbocycles. The van der Waals surface area contributed by atoms with Gasteiger partial charge in [0.05, 0.1) is 16.6 Å². The van der Waals surface area contributed by atoms with Crippen molar-refractivity contribution in [2.75, 3.05) is 0 Å². The molecule has 13 aromatic rings. The van der Waals surface area contributed by atoms with Crippen LogP contribution in [0.2, 0.25) is 0 Å². The van der Waals surface area contributed by atoms with Crippen LogP contribution >= 0.6 is 0 Å². The minimum atomic E-state index is 0.915. The Bertz CT molecular complexity index is 3490. The Morgan fingerprint density at radius 2 is 0.667 bits per heavy atom. The van der Waals surface area contributed by atoms with Crippen molar-refractivity contribution in [1.82, 2.24) is 4.40 Å². The molecule has 0 amide bonds. The second-order valence-corrected chi connectivity index (χ2v) is 15.2. The van der Waals surface area contributed by atoms with Crippen LogP contribution in [0.25, 0.3) is 126 Å². The van der Waals surface area contributed by atoms with Crippen molar-refractivity contribution in [2.45, 2.75) is 0 Å². The standard InChI is InChI=1S/C54H31NO2/c1-3-16-48-40(8-1)42-28-26-36(30-50(42)56-48)32-18-22-34(23-19-32)38-10-6-14-46-52(38)44-12-5-13-45-53-39(11-7-15-47(53)55(46)54(44)45)35-24-20-33(21-25-35)37-27-29-43-41-9-2-4-17-49(41)57-51(43)31-37/h1-31H. The summed E-state index contributed by atoms with van der Waals surface area (Å²) in [5.41, 5.74) is 16.9. The Morgan fingerprint density at radius 3 is 1.16 bits per heavy atom. The van der Waals surface area contributed by atoms with Crippen LogP contribution in [0.5, 0.6) is 0 Å². The normalized spacial score (nSPS) is 12.2. The van der Waals surface area contributed by atoms with Crippen molar-refractivity contribution < 1.29 is 8.83 Å². The quantitative estimate of drug-likeness (QED) is 0.181. The SMILES string of the molecule is c1ccc2c(c1)oc1cc(-c3ccc(-c4cccc5c4c4cccc6c7c(-c8ccc(-c9ccc%10c(c9)oc9ccccc9%10)cc8)cccc7n5c46)cc3)ccc12. The Hall–Kier alpha value is -7.62. The number of furan rings is 2. The molecular weight excluding hydrogens is 695 g/mol. The topological polar surface area (TPSA) is 30.7 Å². The number of hydrogen-bond donors (Lipinski definition) is 0. The Morgan fingerprint density at radius 1 is 0.281 bits per heavy atom. The first kappa shape index (κ1) is 30.7. The van der Waals surface area contributed by atoms with E-state index in [1.165, 1.54) is 71.5 Å². The second kappa shape index (κ2) is 11.5. The van der Waals surface area contributed by atoms with Crippen molar-refractivity contribution in [1.29, 1.82) is 0 Å². The minimum Gasteiger partial charge on any atom is -0.456 e. The molecule has 0 aliphatic rings. The monoisotopic (exact) mass is 725 g/mol. The zero-order valence-electron chi connectivity index (χ0n) is 30.7. The highest BCUT2D eigenvalue weighted by Crippen LogP contribution is 2.45. The van der Waals surface area contributed by atoms with Gasteiger partial charge in [-0.15, -0.1) is 0 Å². The van der Waals surface area contributed by atoms with Crippen molar-refractivity contribution in [3.05, 3.63) is 188 Å². The second-order valence-electron chi connectivity index (χ2n) is 15.2. The van der Waals surface area contributed by atoms with E-state index in [1.54, 1.807) is 0 Å². The molecule has 57 heavy (non-hydrogen) atoms. The molecule has 4 heterocycles. The fourth-order valence-corrected chi connectivity index (χ4v) is 9.55. The van der Waals surface area contributed by atoms with Gasteiger partial charge in [0.15, 0.2) is 0 Å². The molecule has 4 aromatic heterocycles. The van der Waals surface area contributed by atoms with E-state index in [2.05, 4.69) is 168 Å². The lowest BCUT2D eigenvalue weighted by Gasteiger charge is -2.09. The van der Waals surface area contributed by atoms with Gasteiger partial charge in [-0.1, -0.05) is 140 Å². The van der Waals surface area contributed by atoms with Gasteiger partial charge in [-0.25, -0.2) is 0 Å². The first-order valence-electron chi connectivity index (χ1n) is 19.5. The van der Waals surface area contributed by atoms with Crippen molar-refractivity contribution >= 4 is 82.0 Å². The molecule has 3 heteroatoms. The number of fused-ring (bicyclic) bond motifs is 12. The molecule has 0 aliphatic carbocycles. The Labute approximate surface area is 326 Å². The first-order chi connectivity index (χ1) is 28.2. The molecule has 9 aromatic carbocycles. The summed E-state index contributed by atoms with van der Waals surface area (Å²) in [4.78, 5) is 0. The average Bonchev–Trinajstić information content (AvgIpc) is 4.03. The summed E-state index contributed by atoms with van der Waals surface area (Å²) in [7, 11) is 0. The lowest BCUT2D eigenvalue weighted by molar-refractivity contribution is 0.668. The molecular formula is C54H31NO2. The zero-order valence-corrected chi connectivity index (χ0v) is 30.7. The summed E-state index contributed by atoms with van der Waals surface area (Å²) in [6, 6.07) is 67.8. The number of nitrogens with zero attached hydrogens (tertiary/aromatic N) is 1. The van der Waals surface area contributed by atoms with Crippen LogP contribution in [-0.4, -0.2) is 4.40 Å². The average molecular weight is 726 g/mol. The molecule has 0 unspecified atom stereocenters. The molecule has 0 aliphatic heterocycles. The highest BCUT2D eigenvalue weighted by Gasteiger charge is 2.21. The first-order valence-corrected chi connectivity index (χ1v) is 19.5. The van der Waals surface area contributed by atoms with Crippen molar-refractivity contribution in [3.8, 4) is 44.5 Å². The summed E-state index contributed by atoms with van der Waals surface area (Å²) in [5.74, 6) is 0. The van der Waals surface area contributed by atoms with Crippen LogP contribution in [0.15, 0.2) is 197 Å². The largest absolute Gasteiger partial charge is 0.456 e. The van der Waals surface area contributed by atoms with E-state index in [-0.39, 0.29) is 0 Å². The number of rotatable bonds is 4. The maximum absolute atomic E-state index is 6.21. The van der Waals surface area contributed by atoms with Gasteiger partial charge >= 0.3 is 0 Å². The van der Waals surface area contributed by atoms with Gasteiger partial charge in [-0.3, -0.25) is 0 Å². The van der Waals surface area contributed by atoms with Crippen molar-refractivity contribution in [2.24, 2.45) is 0 Å². The van der Waals surface area contributed by atoms with E-state index >= 15 is 0 Å². The number of para-hydroxylation sites is 3. The van der Waals surface area contributed by atoms with Crippen molar-refractivity contribution in [3.63, 3.8) is 0 Å². The number of aromatic nitrogens is 1. The molecule has 0 N–H and O–H groups in total. The van der Waals surface area contributed by atoms with Gasteiger partial charge in [0, 0.05) is 43.1 Å². The molecule has 0 atom stereocenters. The summed E-state index contributed by atoms with van der Waals surface area (Å²) < 4.78 is 14.9. The summed E-state index contributed by atoms with van der Waals surface area (Å²) in [6.45, 7) is 0. The fourth-order valence-electron chi connectivity index (χ4n) is 9.55. The number of hydrogen-bond acceptors (Lipinski definition) is 2. The van der Waals surface area contributed by atoms with Crippen LogP contribution in [0.1, 0.15) is 0 Å². The predicted octanol–water partition coefficient (Wildman–Crippen LogP) is 15.3. The van der Waals surface area contributed by atoms with Crippen LogP contribution in [-0.2, 0) is 0 Å². The van der Waals surface area contributed by atoms with Crippen LogP contribution in [0, 0.1) is 0 Å². The van der Waals surface area contributed by atoms with E-state index in [0.29, 0.717) is 0 Å². The highest BCUT2D eigenvalue weighted by atomic mass is 16.3. The highest BCUT2D eigenvalue weighted by molar-refractivity contribution is 6.28. The molecule has 0 saturated heterocycles. The molecule has 0 fully saturated rings. The van der Waals surface area contributed by atoms with E-state index < -0.39 is 0 Å². The summed E-state index contributed by atoms with van der Waals surface area (Å²) in [5, 5.41) is 9.72. The van der Waals surface area contributed by atoms with Gasteiger partial charge in [-0.05, 0) is 93.0 Å². The van der Waals surface area contributed by atoms with Crippen LogP contribution in [0.4, 0.5) is 0 Å². The maximum Gasteiger partial charge on any atom is 0.136 e. The zero-order chi connectivity index (χ0) is 37.2. The molecule has 0 bridgehead atoms. The fraction of sp³-hybridized carbons (Fsp3) is 0. The van der Waals surface area contributed by atoms with E-state index in [0.717, 1.165) is 55.0 Å². The van der Waals surface area contributed by atoms with Gasteiger partial charge in [0.25, 0.3) is 0 Å². The lowest BCUT2D eigenvalue weighted by Crippen LogP contribution is -1.85. The van der Waals surface area contributed by atoms with Crippen LogP contribution < -0.4 is 0 Å². The molecule has 0 spiro atoms. The van der Waals surface area contributed by atoms with Crippen LogP contribution in [0.3, 0.4) is 0 Å². The van der Waals surface area contributed by atoms with Gasteiger partial charge in [0.1, 0.15) is 22.3 Å². The molecule has 3 nitrogen and oxygen atoms in total. The minimum absolute atomic E-state index is 0.915. The smallest absolute Gasteiger partial charge is 0.136 e. The summed E-state index contributed by atoms with van der Waals surface area (Å²) >= 11 is 0. The Balaban J connectivity index is 0.898. The third-order valence-corrected chi connectivity index (χ3v) is 12.2. The molecule has 264 valence electrons. The number of benzene rings is 9. The maximum atomic E-state index is 6.21. The molecule has 0 radical (unpaired) electrons. The third kappa shape index (κ3) is 4.37. The van der Waals surface area contributed by atoms with E-state index in [4.69, 9.17) is 8.83 Å². The van der Waals surface area contributed by atoms with Gasteiger partial charge in [-0.2, -0.15) is 0 Å². The van der Waals surface area contributed by atoms with E-state index in [9.17, 15) is 0 Å².